The third-order valence-corrected chi connectivity index (χ3v) is 4.12. The number of benzene rings is 1. The van der Waals surface area contributed by atoms with Crippen molar-refractivity contribution in [1.29, 1.82) is 0 Å². The van der Waals surface area contributed by atoms with Crippen molar-refractivity contribution in [2.24, 2.45) is 5.41 Å². The second kappa shape index (κ2) is 7.21. The highest BCUT2D eigenvalue weighted by Crippen LogP contribution is 2.25. The summed E-state index contributed by atoms with van der Waals surface area (Å²) in [7, 11) is 0. The maximum atomic E-state index is 12.4. The van der Waals surface area contributed by atoms with Gasteiger partial charge >= 0.3 is 0 Å². The molecule has 2 N–H and O–H groups in total. The summed E-state index contributed by atoms with van der Waals surface area (Å²) in [5.74, 6) is -0.886. The molecule has 1 aliphatic rings. The molecule has 0 aliphatic carbocycles. The number of carbonyl (C=O) groups is 3. The fourth-order valence-electron chi connectivity index (χ4n) is 2.59. The lowest BCUT2D eigenvalue weighted by atomic mass is 9.94. The standard InChI is InChI=1S/C17H22ClN3O3/c1-17(2,3)16(24)21-10-4-5-13(21)15(23)20-19-14(22)11-6-8-12(18)9-7-11/h6-9,13H,4-5,10H2,1-3H3,(H,19,22)(H,20,23). The zero-order valence-corrected chi connectivity index (χ0v) is 14.8. The number of nitrogens with zero attached hydrogens (tertiary/aromatic N) is 1. The summed E-state index contributed by atoms with van der Waals surface area (Å²) in [6, 6.07) is 5.77. The van der Waals surface area contributed by atoms with E-state index in [4.69, 9.17) is 11.6 Å². The molecule has 24 heavy (non-hydrogen) atoms. The van der Waals surface area contributed by atoms with Crippen molar-refractivity contribution in [1.82, 2.24) is 15.8 Å². The minimum absolute atomic E-state index is 0.0656. The summed E-state index contributed by atoms with van der Waals surface area (Å²) < 4.78 is 0. The van der Waals surface area contributed by atoms with Crippen LogP contribution in [0.5, 0.6) is 0 Å². The Balaban J connectivity index is 1.95. The van der Waals surface area contributed by atoms with Gasteiger partial charge in [-0.2, -0.15) is 0 Å². The first-order valence-corrected chi connectivity index (χ1v) is 8.25. The van der Waals surface area contributed by atoms with Gasteiger partial charge < -0.3 is 4.90 Å². The largest absolute Gasteiger partial charge is 0.330 e. The Morgan fingerprint density at radius 1 is 1.12 bits per heavy atom. The molecule has 1 saturated heterocycles. The molecule has 3 amide bonds. The van der Waals surface area contributed by atoms with E-state index >= 15 is 0 Å². The van der Waals surface area contributed by atoms with Crippen LogP contribution in [-0.2, 0) is 9.59 Å². The van der Waals surface area contributed by atoms with Crippen LogP contribution in [0.1, 0.15) is 44.0 Å². The fraction of sp³-hybridized carbons (Fsp3) is 0.471. The normalized spacial score (nSPS) is 17.5. The third-order valence-electron chi connectivity index (χ3n) is 3.86. The van der Waals surface area contributed by atoms with Crippen LogP contribution in [0.25, 0.3) is 0 Å². The first kappa shape index (κ1) is 18.3. The van der Waals surface area contributed by atoms with E-state index in [1.807, 2.05) is 20.8 Å². The zero-order valence-electron chi connectivity index (χ0n) is 14.1. The van der Waals surface area contributed by atoms with Gasteiger partial charge in [0.15, 0.2) is 0 Å². The third kappa shape index (κ3) is 4.26. The number of carbonyl (C=O) groups excluding carboxylic acids is 3. The first-order valence-electron chi connectivity index (χ1n) is 7.87. The highest BCUT2D eigenvalue weighted by molar-refractivity contribution is 6.30. The zero-order chi connectivity index (χ0) is 17.9. The molecule has 1 unspecified atom stereocenters. The Morgan fingerprint density at radius 2 is 1.75 bits per heavy atom. The van der Waals surface area contributed by atoms with E-state index in [1.54, 1.807) is 29.2 Å². The number of nitrogens with one attached hydrogen (secondary N) is 2. The van der Waals surface area contributed by atoms with E-state index in [0.717, 1.165) is 6.42 Å². The lowest BCUT2D eigenvalue weighted by Crippen LogP contribution is -2.53. The monoisotopic (exact) mass is 351 g/mol. The van der Waals surface area contributed by atoms with Crippen LogP contribution < -0.4 is 10.9 Å². The topological polar surface area (TPSA) is 78.5 Å². The van der Waals surface area contributed by atoms with E-state index in [1.165, 1.54) is 0 Å². The van der Waals surface area contributed by atoms with Crippen LogP contribution in [0, 0.1) is 5.41 Å². The smallest absolute Gasteiger partial charge is 0.269 e. The predicted octanol–water partition coefficient (Wildman–Crippen LogP) is 2.14. The summed E-state index contributed by atoms with van der Waals surface area (Å²) in [4.78, 5) is 38.3. The van der Waals surface area contributed by atoms with Gasteiger partial charge in [0.2, 0.25) is 5.91 Å². The molecule has 1 aromatic carbocycles. The first-order chi connectivity index (χ1) is 11.2. The Hall–Kier alpha value is -2.08. The Morgan fingerprint density at radius 3 is 2.33 bits per heavy atom. The Bertz CT molecular complexity index is 637. The van der Waals surface area contributed by atoms with Gasteiger partial charge in [-0.25, -0.2) is 0 Å². The van der Waals surface area contributed by atoms with Gasteiger partial charge in [-0.1, -0.05) is 32.4 Å². The molecule has 0 spiro atoms. The summed E-state index contributed by atoms with van der Waals surface area (Å²) in [5, 5.41) is 0.526. The molecule has 2 rings (SSSR count). The second-order valence-electron chi connectivity index (χ2n) is 6.86. The van der Waals surface area contributed by atoms with Crippen LogP contribution in [-0.4, -0.2) is 35.2 Å². The Labute approximate surface area is 146 Å². The minimum atomic E-state index is -0.553. The van der Waals surface area contributed by atoms with E-state index in [-0.39, 0.29) is 11.8 Å². The van der Waals surface area contributed by atoms with Gasteiger partial charge in [-0.3, -0.25) is 25.2 Å². The molecule has 1 heterocycles. The van der Waals surface area contributed by atoms with E-state index in [9.17, 15) is 14.4 Å². The molecule has 1 aliphatic heterocycles. The molecule has 0 aromatic heterocycles. The number of rotatable bonds is 2. The summed E-state index contributed by atoms with van der Waals surface area (Å²) >= 11 is 5.77. The molecular weight excluding hydrogens is 330 g/mol. The van der Waals surface area contributed by atoms with Crippen molar-refractivity contribution >= 4 is 29.3 Å². The van der Waals surface area contributed by atoms with Gasteiger partial charge in [-0.05, 0) is 37.1 Å². The molecule has 1 aromatic rings. The van der Waals surface area contributed by atoms with Crippen molar-refractivity contribution < 1.29 is 14.4 Å². The number of amides is 3. The minimum Gasteiger partial charge on any atom is -0.330 e. The summed E-state index contributed by atoms with van der Waals surface area (Å²) in [6.07, 6.45) is 1.36. The molecule has 6 nitrogen and oxygen atoms in total. The van der Waals surface area contributed by atoms with E-state index in [0.29, 0.717) is 23.6 Å². The van der Waals surface area contributed by atoms with Gasteiger partial charge in [0.05, 0.1) is 0 Å². The predicted molar refractivity (Wildman–Crippen MR) is 91.3 cm³/mol. The SMILES string of the molecule is CC(C)(C)C(=O)N1CCCC1C(=O)NNC(=O)c1ccc(Cl)cc1. The van der Waals surface area contributed by atoms with Crippen LogP contribution >= 0.6 is 11.6 Å². The average Bonchev–Trinajstić information content (AvgIpc) is 3.00. The summed E-state index contributed by atoms with van der Waals surface area (Å²) in [6.45, 7) is 6.03. The van der Waals surface area contributed by atoms with Crippen molar-refractivity contribution in [3.8, 4) is 0 Å². The number of hydrogen-bond donors (Lipinski definition) is 2. The molecule has 0 radical (unpaired) electrons. The van der Waals surface area contributed by atoms with E-state index in [2.05, 4.69) is 10.9 Å². The van der Waals surface area contributed by atoms with Gasteiger partial charge in [0.25, 0.3) is 11.8 Å². The second-order valence-corrected chi connectivity index (χ2v) is 7.29. The van der Waals surface area contributed by atoms with Crippen molar-refractivity contribution in [3.63, 3.8) is 0 Å². The van der Waals surface area contributed by atoms with Gasteiger partial charge in [-0.15, -0.1) is 0 Å². The van der Waals surface area contributed by atoms with Crippen molar-refractivity contribution in [2.75, 3.05) is 6.54 Å². The molecule has 130 valence electrons. The van der Waals surface area contributed by atoms with Crippen LogP contribution in [0.3, 0.4) is 0 Å². The van der Waals surface area contributed by atoms with Crippen molar-refractivity contribution in [2.45, 2.75) is 39.7 Å². The van der Waals surface area contributed by atoms with Crippen molar-refractivity contribution in [3.05, 3.63) is 34.9 Å². The maximum Gasteiger partial charge on any atom is 0.269 e. The molecule has 0 saturated carbocycles. The fourth-order valence-corrected chi connectivity index (χ4v) is 2.71. The maximum absolute atomic E-state index is 12.4. The number of likely N-dealkylation sites (tertiary alicyclic amines) is 1. The molecule has 1 fully saturated rings. The number of halogens is 1. The average molecular weight is 352 g/mol. The lowest BCUT2D eigenvalue weighted by molar-refractivity contribution is -0.144. The van der Waals surface area contributed by atoms with Crippen LogP contribution in [0.4, 0.5) is 0 Å². The Kier molecular flexibility index (Phi) is 5.49. The molecule has 0 bridgehead atoms. The van der Waals surface area contributed by atoms with E-state index < -0.39 is 17.4 Å². The lowest BCUT2D eigenvalue weighted by Gasteiger charge is -2.30. The number of hydrogen-bond acceptors (Lipinski definition) is 3. The van der Waals surface area contributed by atoms with Crippen LogP contribution in [0.15, 0.2) is 24.3 Å². The molecule has 1 atom stereocenters. The van der Waals surface area contributed by atoms with Gasteiger partial charge in [0, 0.05) is 22.5 Å². The molecule has 7 heteroatoms. The summed E-state index contributed by atoms with van der Waals surface area (Å²) in [5.41, 5.74) is 4.62. The quantitative estimate of drug-likeness (QED) is 0.801. The highest BCUT2D eigenvalue weighted by atomic mass is 35.5. The molecular formula is C17H22ClN3O3. The van der Waals surface area contributed by atoms with Crippen LogP contribution in [0.2, 0.25) is 5.02 Å². The van der Waals surface area contributed by atoms with Gasteiger partial charge in [0.1, 0.15) is 6.04 Å². The number of hydrazine groups is 1. The highest BCUT2D eigenvalue weighted by Gasteiger charge is 2.38.